The summed E-state index contributed by atoms with van der Waals surface area (Å²) in [6.45, 7) is 9.40. The summed E-state index contributed by atoms with van der Waals surface area (Å²) in [6.07, 6.45) is 6.99. The highest BCUT2D eigenvalue weighted by atomic mass is 15.2. The molecule has 0 aliphatic heterocycles. The largest absolute Gasteiger partial charge is 0.315 e. The van der Waals surface area contributed by atoms with Crippen LogP contribution in [0.1, 0.15) is 52.9 Å². The van der Waals surface area contributed by atoms with Crippen LogP contribution in [0.15, 0.2) is 0 Å². The first-order chi connectivity index (χ1) is 7.72. The first kappa shape index (κ1) is 14.0. The van der Waals surface area contributed by atoms with Crippen molar-refractivity contribution in [2.45, 2.75) is 65.0 Å². The molecule has 1 N–H and O–H groups in total. The van der Waals surface area contributed by atoms with E-state index in [-0.39, 0.29) is 0 Å². The summed E-state index contributed by atoms with van der Waals surface area (Å²) in [5.41, 5.74) is 0. The van der Waals surface area contributed by atoms with Crippen LogP contribution in [0.2, 0.25) is 0 Å². The Balaban J connectivity index is 2.46. The van der Waals surface area contributed by atoms with Gasteiger partial charge in [0, 0.05) is 18.6 Å². The quantitative estimate of drug-likeness (QED) is 0.718. The number of rotatable bonds is 7. The molecule has 0 spiro atoms. The highest BCUT2D eigenvalue weighted by Crippen LogP contribution is 2.24. The zero-order valence-corrected chi connectivity index (χ0v) is 11.6. The van der Waals surface area contributed by atoms with Crippen LogP contribution in [-0.2, 0) is 0 Å². The van der Waals surface area contributed by atoms with E-state index in [2.05, 4.69) is 38.0 Å². The summed E-state index contributed by atoms with van der Waals surface area (Å²) in [6, 6.07) is 1.52. The summed E-state index contributed by atoms with van der Waals surface area (Å²) in [7, 11) is 2.11. The average molecular weight is 226 g/mol. The van der Waals surface area contributed by atoms with Gasteiger partial charge in [0.25, 0.3) is 0 Å². The maximum atomic E-state index is 3.50. The van der Waals surface area contributed by atoms with Gasteiger partial charge in [-0.3, -0.25) is 4.90 Å². The van der Waals surface area contributed by atoms with Crippen LogP contribution in [0.3, 0.4) is 0 Å². The molecule has 0 aromatic heterocycles. The summed E-state index contributed by atoms with van der Waals surface area (Å²) < 4.78 is 0. The Morgan fingerprint density at radius 1 is 1.25 bits per heavy atom. The summed E-state index contributed by atoms with van der Waals surface area (Å²) >= 11 is 0. The second-order valence-electron chi connectivity index (χ2n) is 5.31. The minimum atomic E-state index is 0.658. The molecule has 16 heavy (non-hydrogen) atoms. The van der Waals surface area contributed by atoms with Crippen LogP contribution < -0.4 is 5.32 Å². The van der Waals surface area contributed by atoms with Gasteiger partial charge < -0.3 is 5.32 Å². The van der Waals surface area contributed by atoms with E-state index < -0.39 is 0 Å². The first-order valence-corrected chi connectivity index (χ1v) is 7.14. The molecular formula is C14H30N2. The van der Waals surface area contributed by atoms with E-state index in [1.54, 1.807) is 0 Å². The van der Waals surface area contributed by atoms with Crippen molar-refractivity contribution < 1.29 is 0 Å². The standard InChI is InChI=1S/C14H30N2/c1-5-12(3)14(15-4)11-16(6-2)13-9-7-8-10-13/h12-15H,5-11H2,1-4H3. The minimum absolute atomic E-state index is 0.658. The van der Waals surface area contributed by atoms with Crippen LogP contribution in [0.5, 0.6) is 0 Å². The van der Waals surface area contributed by atoms with Gasteiger partial charge in [-0.25, -0.2) is 0 Å². The third-order valence-electron chi connectivity index (χ3n) is 4.38. The zero-order valence-electron chi connectivity index (χ0n) is 11.6. The fraction of sp³-hybridized carbons (Fsp3) is 1.00. The molecule has 1 fully saturated rings. The Morgan fingerprint density at radius 3 is 2.31 bits per heavy atom. The molecule has 0 saturated heterocycles. The number of likely N-dealkylation sites (N-methyl/N-ethyl adjacent to an activating group) is 2. The molecule has 1 saturated carbocycles. The summed E-state index contributed by atoms with van der Waals surface area (Å²) in [5, 5.41) is 3.50. The van der Waals surface area contributed by atoms with Crippen molar-refractivity contribution in [3.63, 3.8) is 0 Å². The first-order valence-electron chi connectivity index (χ1n) is 7.14. The Kier molecular flexibility index (Phi) is 6.37. The van der Waals surface area contributed by atoms with Gasteiger partial charge in [0.05, 0.1) is 0 Å². The SMILES string of the molecule is CCC(C)C(CN(CC)C1CCCC1)NC. The Morgan fingerprint density at radius 2 is 1.88 bits per heavy atom. The molecule has 2 heteroatoms. The van der Waals surface area contributed by atoms with Gasteiger partial charge in [0.2, 0.25) is 0 Å². The second-order valence-corrected chi connectivity index (χ2v) is 5.31. The average Bonchev–Trinajstić information content (AvgIpc) is 2.83. The van der Waals surface area contributed by atoms with E-state index in [1.165, 1.54) is 45.2 Å². The minimum Gasteiger partial charge on any atom is -0.315 e. The molecule has 0 amide bonds. The number of nitrogens with zero attached hydrogens (tertiary/aromatic N) is 1. The van der Waals surface area contributed by atoms with E-state index in [4.69, 9.17) is 0 Å². The normalized spacial score (nSPS) is 21.6. The Hall–Kier alpha value is -0.0800. The lowest BCUT2D eigenvalue weighted by atomic mass is 9.98. The van der Waals surface area contributed by atoms with Gasteiger partial charge in [0.1, 0.15) is 0 Å². The zero-order chi connectivity index (χ0) is 12.0. The smallest absolute Gasteiger partial charge is 0.0217 e. The molecule has 96 valence electrons. The molecular weight excluding hydrogens is 196 g/mol. The summed E-state index contributed by atoms with van der Waals surface area (Å²) in [4.78, 5) is 2.69. The van der Waals surface area contributed by atoms with E-state index in [9.17, 15) is 0 Å². The molecule has 1 rings (SSSR count). The highest BCUT2D eigenvalue weighted by molar-refractivity contribution is 4.82. The van der Waals surface area contributed by atoms with E-state index in [0.29, 0.717) is 6.04 Å². The summed E-state index contributed by atoms with van der Waals surface area (Å²) in [5.74, 6) is 0.778. The molecule has 0 bridgehead atoms. The molecule has 2 unspecified atom stereocenters. The lowest BCUT2D eigenvalue weighted by Crippen LogP contribution is -2.46. The van der Waals surface area contributed by atoms with Crippen molar-refractivity contribution in [1.82, 2.24) is 10.2 Å². The number of hydrogen-bond acceptors (Lipinski definition) is 2. The molecule has 0 heterocycles. The fourth-order valence-corrected chi connectivity index (χ4v) is 2.90. The third kappa shape index (κ3) is 3.74. The van der Waals surface area contributed by atoms with Crippen LogP contribution in [0, 0.1) is 5.92 Å². The van der Waals surface area contributed by atoms with Crippen LogP contribution in [0.4, 0.5) is 0 Å². The molecule has 2 atom stereocenters. The van der Waals surface area contributed by atoms with Gasteiger partial charge in [-0.05, 0) is 32.4 Å². The van der Waals surface area contributed by atoms with Crippen molar-refractivity contribution in [3.05, 3.63) is 0 Å². The van der Waals surface area contributed by atoms with Crippen LogP contribution in [0.25, 0.3) is 0 Å². The van der Waals surface area contributed by atoms with E-state index >= 15 is 0 Å². The van der Waals surface area contributed by atoms with Crippen molar-refractivity contribution in [3.8, 4) is 0 Å². The molecule has 1 aliphatic rings. The Labute approximate surface area is 102 Å². The lowest BCUT2D eigenvalue weighted by Gasteiger charge is -2.33. The third-order valence-corrected chi connectivity index (χ3v) is 4.38. The predicted octanol–water partition coefficient (Wildman–Crippen LogP) is 2.89. The Bertz CT molecular complexity index is 176. The molecule has 2 nitrogen and oxygen atoms in total. The van der Waals surface area contributed by atoms with Gasteiger partial charge in [-0.2, -0.15) is 0 Å². The fourth-order valence-electron chi connectivity index (χ4n) is 2.90. The van der Waals surface area contributed by atoms with Crippen molar-refractivity contribution in [2.24, 2.45) is 5.92 Å². The molecule has 0 radical (unpaired) electrons. The maximum Gasteiger partial charge on any atom is 0.0217 e. The number of hydrogen-bond donors (Lipinski definition) is 1. The van der Waals surface area contributed by atoms with E-state index in [1.807, 2.05) is 0 Å². The lowest BCUT2D eigenvalue weighted by molar-refractivity contribution is 0.169. The van der Waals surface area contributed by atoms with Crippen molar-refractivity contribution in [1.29, 1.82) is 0 Å². The van der Waals surface area contributed by atoms with Gasteiger partial charge in [-0.15, -0.1) is 0 Å². The number of nitrogens with one attached hydrogen (secondary N) is 1. The predicted molar refractivity (Wildman–Crippen MR) is 71.8 cm³/mol. The second kappa shape index (κ2) is 7.29. The van der Waals surface area contributed by atoms with E-state index in [0.717, 1.165) is 12.0 Å². The van der Waals surface area contributed by atoms with Gasteiger partial charge >= 0.3 is 0 Å². The molecule has 0 aromatic rings. The van der Waals surface area contributed by atoms with Gasteiger partial charge in [-0.1, -0.05) is 40.0 Å². The van der Waals surface area contributed by atoms with Crippen molar-refractivity contribution >= 4 is 0 Å². The monoisotopic (exact) mass is 226 g/mol. The molecule has 0 aromatic carbocycles. The maximum absolute atomic E-state index is 3.50. The highest BCUT2D eigenvalue weighted by Gasteiger charge is 2.24. The topological polar surface area (TPSA) is 15.3 Å². The molecule has 1 aliphatic carbocycles. The van der Waals surface area contributed by atoms with Crippen LogP contribution in [-0.4, -0.2) is 37.1 Å². The van der Waals surface area contributed by atoms with Gasteiger partial charge in [0.15, 0.2) is 0 Å². The van der Waals surface area contributed by atoms with Crippen molar-refractivity contribution in [2.75, 3.05) is 20.1 Å². The van der Waals surface area contributed by atoms with Crippen LogP contribution >= 0.6 is 0 Å².